The van der Waals surface area contributed by atoms with Gasteiger partial charge >= 0.3 is 0 Å². The highest BCUT2D eigenvalue weighted by molar-refractivity contribution is 5.18. The number of ether oxygens (including phenoxy) is 1. The number of hydrogen-bond donors (Lipinski definition) is 1. The van der Waals surface area contributed by atoms with Crippen molar-refractivity contribution in [2.75, 3.05) is 20.3 Å². The highest BCUT2D eigenvalue weighted by atomic mass is 19.1. The SMILES string of the molecule is CN[C@@H]1COC[C@@H]1C1C=CC(F)=CC1. The largest absolute Gasteiger partial charge is 0.379 e. The number of hydrogen-bond acceptors (Lipinski definition) is 2. The van der Waals surface area contributed by atoms with Crippen LogP contribution in [0.1, 0.15) is 6.42 Å². The Balaban J connectivity index is 1.99. The minimum absolute atomic E-state index is 0.110. The second-order valence-corrected chi connectivity index (χ2v) is 3.94. The molecule has 0 spiro atoms. The molecule has 1 N–H and O–H groups in total. The van der Waals surface area contributed by atoms with E-state index in [9.17, 15) is 4.39 Å². The zero-order valence-electron chi connectivity index (χ0n) is 8.37. The van der Waals surface area contributed by atoms with Crippen molar-refractivity contribution in [1.29, 1.82) is 0 Å². The van der Waals surface area contributed by atoms with Gasteiger partial charge in [0.05, 0.1) is 13.2 Å². The number of rotatable bonds is 2. The summed E-state index contributed by atoms with van der Waals surface area (Å²) in [4.78, 5) is 0. The van der Waals surface area contributed by atoms with Crippen LogP contribution in [0, 0.1) is 11.8 Å². The first kappa shape index (κ1) is 9.87. The molecule has 1 saturated heterocycles. The van der Waals surface area contributed by atoms with Crippen LogP contribution in [0.4, 0.5) is 4.39 Å². The molecule has 0 radical (unpaired) electrons. The van der Waals surface area contributed by atoms with E-state index >= 15 is 0 Å². The summed E-state index contributed by atoms with van der Waals surface area (Å²) in [6.45, 7) is 1.56. The van der Waals surface area contributed by atoms with Gasteiger partial charge in [0.1, 0.15) is 5.83 Å². The summed E-state index contributed by atoms with van der Waals surface area (Å²) >= 11 is 0. The zero-order valence-corrected chi connectivity index (χ0v) is 8.37. The smallest absolute Gasteiger partial charge is 0.118 e. The quantitative estimate of drug-likeness (QED) is 0.726. The van der Waals surface area contributed by atoms with Crippen molar-refractivity contribution in [3.63, 3.8) is 0 Å². The number of likely N-dealkylation sites (N-methyl/N-ethyl adjacent to an activating group) is 1. The summed E-state index contributed by atoms with van der Waals surface area (Å²) in [5, 5.41) is 3.25. The Kier molecular flexibility index (Phi) is 2.99. The van der Waals surface area contributed by atoms with Crippen LogP contribution in [-0.2, 0) is 4.74 Å². The second-order valence-electron chi connectivity index (χ2n) is 3.94. The summed E-state index contributed by atoms with van der Waals surface area (Å²) in [6, 6.07) is 0.416. The lowest BCUT2D eigenvalue weighted by atomic mass is 9.84. The third kappa shape index (κ3) is 1.88. The minimum atomic E-state index is -0.110. The topological polar surface area (TPSA) is 21.3 Å². The van der Waals surface area contributed by atoms with Gasteiger partial charge in [-0.1, -0.05) is 6.08 Å². The number of halogens is 1. The van der Waals surface area contributed by atoms with Crippen molar-refractivity contribution < 1.29 is 9.13 Å². The fraction of sp³-hybridized carbons (Fsp3) is 0.636. The van der Waals surface area contributed by atoms with Gasteiger partial charge in [-0.15, -0.1) is 0 Å². The van der Waals surface area contributed by atoms with E-state index in [0.29, 0.717) is 17.9 Å². The normalized spacial score (nSPS) is 37.3. The summed E-state index contributed by atoms with van der Waals surface area (Å²) < 4.78 is 18.2. The van der Waals surface area contributed by atoms with Crippen LogP contribution in [0.15, 0.2) is 24.1 Å². The summed E-state index contributed by atoms with van der Waals surface area (Å²) in [7, 11) is 1.95. The van der Waals surface area contributed by atoms with E-state index in [1.807, 2.05) is 13.1 Å². The summed E-state index contributed by atoms with van der Waals surface area (Å²) in [6.07, 6.45) is 6.00. The maximum Gasteiger partial charge on any atom is 0.118 e. The Bertz CT molecular complexity index is 262. The predicted octanol–water partition coefficient (Wildman–Crippen LogP) is 1.65. The molecule has 2 aliphatic rings. The van der Waals surface area contributed by atoms with Crippen molar-refractivity contribution >= 4 is 0 Å². The molecule has 0 amide bonds. The van der Waals surface area contributed by atoms with Crippen molar-refractivity contribution in [3.05, 3.63) is 24.1 Å². The van der Waals surface area contributed by atoms with Crippen molar-refractivity contribution in [2.24, 2.45) is 11.8 Å². The first-order valence-electron chi connectivity index (χ1n) is 5.10. The number of nitrogens with one attached hydrogen (secondary N) is 1. The molecule has 1 fully saturated rings. The van der Waals surface area contributed by atoms with E-state index in [0.717, 1.165) is 19.6 Å². The molecule has 1 heterocycles. The van der Waals surface area contributed by atoms with Crippen LogP contribution >= 0.6 is 0 Å². The molecule has 14 heavy (non-hydrogen) atoms. The molecule has 3 heteroatoms. The maximum atomic E-state index is 12.8. The van der Waals surface area contributed by atoms with Gasteiger partial charge in [0.15, 0.2) is 0 Å². The molecule has 1 aliphatic heterocycles. The molecule has 0 bridgehead atoms. The average Bonchev–Trinajstić information content (AvgIpc) is 2.67. The van der Waals surface area contributed by atoms with E-state index in [-0.39, 0.29) is 5.83 Å². The molecule has 2 rings (SSSR count). The van der Waals surface area contributed by atoms with Crippen LogP contribution in [0.3, 0.4) is 0 Å². The summed E-state index contributed by atoms with van der Waals surface area (Å²) in [5.74, 6) is 0.802. The first-order valence-corrected chi connectivity index (χ1v) is 5.10. The van der Waals surface area contributed by atoms with E-state index in [4.69, 9.17) is 4.74 Å². The van der Waals surface area contributed by atoms with Crippen LogP contribution in [0.2, 0.25) is 0 Å². The van der Waals surface area contributed by atoms with Gasteiger partial charge in [-0.2, -0.15) is 0 Å². The third-order valence-electron chi connectivity index (χ3n) is 3.13. The van der Waals surface area contributed by atoms with Gasteiger partial charge in [0.2, 0.25) is 0 Å². The highest BCUT2D eigenvalue weighted by Crippen LogP contribution is 2.29. The molecule has 1 unspecified atom stereocenters. The van der Waals surface area contributed by atoms with Crippen LogP contribution in [-0.4, -0.2) is 26.3 Å². The van der Waals surface area contributed by atoms with Gasteiger partial charge in [-0.3, -0.25) is 0 Å². The minimum Gasteiger partial charge on any atom is -0.379 e. The fourth-order valence-electron chi connectivity index (χ4n) is 2.22. The maximum absolute atomic E-state index is 12.8. The second kappa shape index (κ2) is 4.24. The molecule has 2 nitrogen and oxygen atoms in total. The summed E-state index contributed by atoms with van der Waals surface area (Å²) in [5.41, 5.74) is 0. The van der Waals surface area contributed by atoms with Crippen LogP contribution in [0.5, 0.6) is 0 Å². The Morgan fingerprint density at radius 1 is 1.50 bits per heavy atom. The van der Waals surface area contributed by atoms with Gasteiger partial charge in [0.25, 0.3) is 0 Å². The van der Waals surface area contributed by atoms with E-state index < -0.39 is 0 Å². The van der Waals surface area contributed by atoms with Crippen LogP contribution in [0.25, 0.3) is 0 Å². The molecule has 1 aliphatic carbocycles. The number of allylic oxidation sites excluding steroid dienone is 4. The Morgan fingerprint density at radius 2 is 2.36 bits per heavy atom. The molecular formula is C11H16FNO. The van der Waals surface area contributed by atoms with E-state index in [1.54, 1.807) is 12.2 Å². The molecule has 0 aromatic carbocycles. The lowest BCUT2D eigenvalue weighted by Crippen LogP contribution is -2.36. The molecule has 3 atom stereocenters. The molecule has 78 valence electrons. The monoisotopic (exact) mass is 197 g/mol. The molecule has 0 aromatic rings. The Hall–Kier alpha value is -0.670. The van der Waals surface area contributed by atoms with Gasteiger partial charge in [0, 0.05) is 12.0 Å². The average molecular weight is 197 g/mol. The third-order valence-corrected chi connectivity index (χ3v) is 3.13. The fourth-order valence-corrected chi connectivity index (χ4v) is 2.22. The zero-order chi connectivity index (χ0) is 9.97. The van der Waals surface area contributed by atoms with Crippen molar-refractivity contribution in [3.8, 4) is 0 Å². The molecular weight excluding hydrogens is 181 g/mol. The highest BCUT2D eigenvalue weighted by Gasteiger charge is 2.32. The van der Waals surface area contributed by atoms with E-state index in [1.165, 1.54) is 0 Å². The van der Waals surface area contributed by atoms with Gasteiger partial charge in [-0.05, 0) is 31.5 Å². The van der Waals surface area contributed by atoms with Crippen LogP contribution < -0.4 is 5.32 Å². The van der Waals surface area contributed by atoms with Crippen molar-refractivity contribution in [1.82, 2.24) is 5.32 Å². The van der Waals surface area contributed by atoms with Gasteiger partial charge < -0.3 is 10.1 Å². The van der Waals surface area contributed by atoms with Gasteiger partial charge in [-0.25, -0.2) is 4.39 Å². The first-order chi connectivity index (χ1) is 6.81. The predicted molar refractivity (Wildman–Crippen MR) is 53.6 cm³/mol. The standard InChI is InChI=1S/C11H16FNO/c1-13-11-7-14-6-10(11)8-2-4-9(12)5-3-8/h2,4-5,8,10-11,13H,3,6-7H2,1H3/t8?,10-,11-/m1/s1. The molecule has 0 saturated carbocycles. The lowest BCUT2D eigenvalue weighted by Gasteiger charge is -2.24. The lowest BCUT2D eigenvalue weighted by molar-refractivity contribution is 0.176. The van der Waals surface area contributed by atoms with Crippen molar-refractivity contribution in [2.45, 2.75) is 12.5 Å². The van der Waals surface area contributed by atoms with E-state index in [2.05, 4.69) is 5.32 Å². The molecule has 0 aromatic heterocycles. The Morgan fingerprint density at radius 3 is 3.00 bits per heavy atom. The Labute approximate surface area is 83.8 Å².